The van der Waals surface area contributed by atoms with Crippen LogP contribution in [0.2, 0.25) is 0 Å². The lowest BCUT2D eigenvalue weighted by Gasteiger charge is -2.08. The summed E-state index contributed by atoms with van der Waals surface area (Å²) in [7, 11) is -1.30. The quantitative estimate of drug-likeness (QED) is 0.908. The van der Waals surface area contributed by atoms with Crippen LogP contribution in [0.3, 0.4) is 0 Å². The van der Waals surface area contributed by atoms with Gasteiger partial charge in [-0.25, -0.2) is 8.42 Å². The molecule has 96 valence electrons. The van der Waals surface area contributed by atoms with Gasteiger partial charge in [0.15, 0.2) is 9.84 Å². The van der Waals surface area contributed by atoms with Crippen molar-refractivity contribution in [3.63, 3.8) is 0 Å². The Kier molecular flexibility index (Phi) is 3.38. The van der Waals surface area contributed by atoms with E-state index in [0.29, 0.717) is 11.4 Å². The van der Waals surface area contributed by atoms with Crippen LogP contribution >= 0.6 is 0 Å². The van der Waals surface area contributed by atoms with Crippen LogP contribution in [0, 0.1) is 0 Å². The fourth-order valence-electron chi connectivity index (χ4n) is 1.60. The van der Waals surface area contributed by atoms with Crippen molar-refractivity contribution in [2.24, 2.45) is 7.05 Å². The predicted molar refractivity (Wildman–Crippen MR) is 70.1 cm³/mol. The Bertz CT molecular complexity index is 647. The number of aromatic nitrogens is 2. The molecule has 0 aliphatic carbocycles. The maximum Gasteiger partial charge on any atom is 0.175 e. The highest BCUT2D eigenvalue weighted by Gasteiger charge is 2.07. The summed E-state index contributed by atoms with van der Waals surface area (Å²) in [6.45, 7) is 0.601. The van der Waals surface area contributed by atoms with E-state index in [2.05, 4.69) is 10.4 Å². The van der Waals surface area contributed by atoms with Crippen LogP contribution in [0.15, 0.2) is 41.4 Å². The maximum absolute atomic E-state index is 11.4. The Morgan fingerprint density at radius 1 is 1.33 bits per heavy atom. The summed E-state index contributed by atoms with van der Waals surface area (Å²) in [6.07, 6.45) is 2.93. The lowest BCUT2D eigenvalue weighted by molar-refractivity contribution is 0.602. The normalized spacial score (nSPS) is 11.4. The fraction of sp³-hybridized carbons (Fsp3) is 0.250. The van der Waals surface area contributed by atoms with Crippen molar-refractivity contribution in [2.45, 2.75) is 11.4 Å². The van der Waals surface area contributed by atoms with Crippen LogP contribution in [-0.2, 0) is 23.4 Å². The second-order valence-corrected chi connectivity index (χ2v) is 6.12. The van der Waals surface area contributed by atoms with Crippen LogP contribution in [0.5, 0.6) is 0 Å². The van der Waals surface area contributed by atoms with E-state index in [0.717, 1.165) is 11.4 Å². The molecule has 0 aliphatic heterocycles. The van der Waals surface area contributed by atoms with Gasteiger partial charge in [-0.15, -0.1) is 0 Å². The lowest BCUT2D eigenvalue weighted by Crippen LogP contribution is -2.06. The minimum atomic E-state index is -3.16. The second kappa shape index (κ2) is 4.81. The number of anilines is 1. The predicted octanol–water partition coefficient (Wildman–Crippen LogP) is 1.44. The third-order valence-electron chi connectivity index (χ3n) is 2.66. The van der Waals surface area contributed by atoms with E-state index in [-0.39, 0.29) is 0 Å². The van der Waals surface area contributed by atoms with Gasteiger partial charge in [0.2, 0.25) is 0 Å². The molecular formula is C12H15N3O2S. The standard InChI is InChI=1S/C12H15N3O2S/c1-15-11(6-7-14-15)9-13-10-4-3-5-12(8-10)18(2,16)17/h3-8,13H,9H2,1-2H3. The molecule has 0 amide bonds. The average molecular weight is 265 g/mol. The summed E-state index contributed by atoms with van der Waals surface area (Å²) >= 11 is 0. The molecule has 0 atom stereocenters. The number of hydrogen-bond acceptors (Lipinski definition) is 4. The van der Waals surface area contributed by atoms with Gasteiger partial charge in [0.05, 0.1) is 17.1 Å². The van der Waals surface area contributed by atoms with Crippen molar-refractivity contribution in [3.8, 4) is 0 Å². The van der Waals surface area contributed by atoms with Crippen LogP contribution in [0.25, 0.3) is 0 Å². The Morgan fingerprint density at radius 2 is 2.11 bits per heavy atom. The number of hydrogen-bond donors (Lipinski definition) is 1. The number of sulfone groups is 1. The van der Waals surface area contributed by atoms with Crippen molar-refractivity contribution in [2.75, 3.05) is 11.6 Å². The molecule has 1 aromatic heterocycles. The molecule has 18 heavy (non-hydrogen) atoms. The van der Waals surface area contributed by atoms with E-state index in [1.165, 1.54) is 6.26 Å². The summed E-state index contributed by atoms with van der Waals surface area (Å²) in [5.74, 6) is 0. The van der Waals surface area contributed by atoms with E-state index < -0.39 is 9.84 Å². The SMILES string of the molecule is Cn1nccc1CNc1cccc(S(C)(=O)=O)c1. The van der Waals surface area contributed by atoms with Crippen molar-refractivity contribution < 1.29 is 8.42 Å². The molecule has 0 saturated carbocycles. The number of aryl methyl sites for hydroxylation is 1. The zero-order valence-electron chi connectivity index (χ0n) is 10.3. The van der Waals surface area contributed by atoms with E-state index in [1.54, 1.807) is 29.1 Å². The first-order chi connectivity index (χ1) is 8.47. The number of benzene rings is 1. The maximum atomic E-state index is 11.4. The largest absolute Gasteiger partial charge is 0.379 e. The van der Waals surface area contributed by atoms with Crippen molar-refractivity contribution >= 4 is 15.5 Å². The van der Waals surface area contributed by atoms with Crippen LogP contribution < -0.4 is 5.32 Å². The van der Waals surface area contributed by atoms with Gasteiger partial charge in [0.1, 0.15) is 0 Å². The highest BCUT2D eigenvalue weighted by Crippen LogP contribution is 2.15. The van der Waals surface area contributed by atoms with Gasteiger partial charge in [-0.2, -0.15) is 5.10 Å². The molecule has 1 heterocycles. The molecule has 0 aliphatic rings. The summed E-state index contributed by atoms with van der Waals surface area (Å²) in [4.78, 5) is 0.317. The van der Waals surface area contributed by atoms with Crippen LogP contribution in [-0.4, -0.2) is 24.5 Å². The summed E-state index contributed by atoms with van der Waals surface area (Å²) in [5, 5.41) is 7.24. The number of nitrogens with one attached hydrogen (secondary N) is 1. The Morgan fingerprint density at radius 3 is 2.72 bits per heavy atom. The van der Waals surface area contributed by atoms with Crippen molar-refractivity contribution in [1.82, 2.24) is 9.78 Å². The summed E-state index contributed by atoms with van der Waals surface area (Å²) < 4.78 is 24.6. The topological polar surface area (TPSA) is 64.0 Å². The molecule has 0 spiro atoms. The van der Waals surface area contributed by atoms with Gasteiger partial charge in [-0.1, -0.05) is 6.07 Å². The molecule has 0 radical (unpaired) electrons. The number of rotatable bonds is 4. The van der Waals surface area contributed by atoms with Gasteiger partial charge in [0, 0.05) is 25.2 Å². The van der Waals surface area contributed by atoms with Gasteiger partial charge in [0.25, 0.3) is 0 Å². The average Bonchev–Trinajstić information content (AvgIpc) is 2.72. The highest BCUT2D eigenvalue weighted by atomic mass is 32.2. The molecule has 0 fully saturated rings. The first-order valence-corrected chi connectivity index (χ1v) is 7.37. The second-order valence-electron chi connectivity index (χ2n) is 4.10. The highest BCUT2D eigenvalue weighted by molar-refractivity contribution is 7.90. The third-order valence-corrected chi connectivity index (χ3v) is 3.77. The van der Waals surface area contributed by atoms with E-state index in [4.69, 9.17) is 0 Å². The molecular weight excluding hydrogens is 250 g/mol. The third kappa shape index (κ3) is 2.89. The molecule has 1 aromatic carbocycles. The molecule has 2 rings (SSSR count). The van der Waals surface area contributed by atoms with Gasteiger partial charge in [-0.05, 0) is 24.3 Å². The van der Waals surface area contributed by atoms with Crippen LogP contribution in [0.1, 0.15) is 5.69 Å². The molecule has 6 heteroatoms. The smallest absolute Gasteiger partial charge is 0.175 e. The zero-order chi connectivity index (χ0) is 13.2. The minimum absolute atomic E-state index is 0.317. The molecule has 0 unspecified atom stereocenters. The Balaban J connectivity index is 2.13. The lowest BCUT2D eigenvalue weighted by atomic mass is 10.3. The Hall–Kier alpha value is -1.82. The molecule has 2 aromatic rings. The summed E-state index contributed by atoms with van der Waals surface area (Å²) in [6, 6.07) is 8.69. The number of nitrogens with zero attached hydrogens (tertiary/aromatic N) is 2. The van der Waals surface area contributed by atoms with E-state index >= 15 is 0 Å². The molecule has 0 bridgehead atoms. The molecule has 5 nitrogen and oxygen atoms in total. The van der Waals surface area contributed by atoms with Gasteiger partial charge < -0.3 is 5.32 Å². The van der Waals surface area contributed by atoms with Crippen molar-refractivity contribution in [1.29, 1.82) is 0 Å². The molecule has 0 saturated heterocycles. The van der Waals surface area contributed by atoms with Gasteiger partial charge >= 0.3 is 0 Å². The first kappa shape index (κ1) is 12.6. The van der Waals surface area contributed by atoms with Crippen LogP contribution in [0.4, 0.5) is 5.69 Å². The minimum Gasteiger partial charge on any atom is -0.379 e. The first-order valence-electron chi connectivity index (χ1n) is 5.48. The fourth-order valence-corrected chi connectivity index (χ4v) is 2.27. The monoisotopic (exact) mass is 265 g/mol. The van der Waals surface area contributed by atoms with E-state index in [9.17, 15) is 8.42 Å². The van der Waals surface area contributed by atoms with Gasteiger partial charge in [-0.3, -0.25) is 4.68 Å². The van der Waals surface area contributed by atoms with E-state index in [1.807, 2.05) is 19.2 Å². The summed E-state index contributed by atoms with van der Waals surface area (Å²) in [5.41, 5.74) is 1.80. The molecule has 1 N–H and O–H groups in total. The van der Waals surface area contributed by atoms with Crippen molar-refractivity contribution in [3.05, 3.63) is 42.2 Å². The zero-order valence-corrected chi connectivity index (χ0v) is 11.1. The Labute approximate surface area is 106 Å².